The van der Waals surface area contributed by atoms with Gasteiger partial charge in [0.05, 0.1) is 6.61 Å². The third kappa shape index (κ3) is 3.05. The summed E-state index contributed by atoms with van der Waals surface area (Å²) in [7, 11) is 1.91. The highest BCUT2D eigenvalue weighted by molar-refractivity contribution is 7.11. The minimum absolute atomic E-state index is 0.232. The minimum atomic E-state index is -0.416. The fourth-order valence-electron chi connectivity index (χ4n) is 1.68. The fraction of sp³-hybridized carbons (Fsp3) is 0.333. The molecule has 0 unspecified atom stereocenters. The van der Waals surface area contributed by atoms with Crippen LogP contribution in [-0.4, -0.2) is 24.0 Å². The Labute approximate surface area is 119 Å². The molecule has 0 amide bonds. The van der Waals surface area contributed by atoms with Crippen LogP contribution in [0.25, 0.3) is 0 Å². The summed E-state index contributed by atoms with van der Waals surface area (Å²) in [6.07, 6.45) is 0. The van der Waals surface area contributed by atoms with Gasteiger partial charge in [-0.05, 0) is 40.8 Å². The quantitative estimate of drug-likeness (QED) is 0.859. The monoisotopic (exact) mass is 297 g/mol. The van der Waals surface area contributed by atoms with Gasteiger partial charge < -0.3 is 15.4 Å². The zero-order chi connectivity index (χ0) is 13.8. The van der Waals surface area contributed by atoms with Gasteiger partial charge in [0.2, 0.25) is 0 Å². The Morgan fingerprint density at radius 3 is 3.00 bits per heavy atom. The molecule has 2 aromatic rings. The molecule has 5 nitrogen and oxygen atoms in total. The summed E-state index contributed by atoms with van der Waals surface area (Å²) in [4.78, 5) is 13.9. The maximum Gasteiger partial charge on any atom is 0.345 e. The number of carbonyl (C=O) groups excluding carboxylic acids is 1. The standard InChI is InChI=1S/C12H15N3O2S2/c1-3-17-12(16)9-10(13)14-19-11(9)15(2)6-8-4-5-18-7-8/h4-5,7H,3,6H2,1-2H3,(H2,13,14). The van der Waals surface area contributed by atoms with E-state index in [1.165, 1.54) is 17.1 Å². The molecule has 2 aromatic heterocycles. The number of ether oxygens (including phenoxy) is 1. The van der Waals surface area contributed by atoms with Gasteiger partial charge in [0.25, 0.3) is 0 Å². The first-order chi connectivity index (χ1) is 9.13. The van der Waals surface area contributed by atoms with Crippen LogP contribution in [0.5, 0.6) is 0 Å². The van der Waals surface area contributed by atoms with Crippen molar-refractivity contribution in [1.29, 1.82) is 0 Å². The van der Waals surface area contributed by atoms with Gasteiger partial charge in [0.1, 0.15) is 10.6 Å². The van der Waals surface area contributed by atoms with E-state index in [0.717, 1.165) is 5.00 Å². The van der Waals surface area contributed by atoms with E-state index in [0.29, 0.717) is 18.7 Å². The molecule has 0 bridgehead atoms. The molecule has 2 rings (SSSR count). The molecular formula is C12H15N3O2S2. The lowest BCUT2D eigenvalue weighted by molar-refractivity contribution is 0.0528. The van der Waals surface area contributed by atoms with Crippen LogP contribution < -0.4 is 10.6 Å². The number of esters is 1. The van der Waals surface area contributed by atoms with Crippen LogP contribution in [0.1, 0.15) is 22.8 Å². The molecular weight excluding hydrogens is 282 g/mol. The summed E-state index contributed by atoms with van der Waals surface area (Å²) >= 11 is 2.86. The molecule has 7 heteroatoms. The number of nitrogen functional groups attached to an aromatic ring is 1. The Kier molecular flexibility index (Phi) is 4.39. The van der Waals surface area contributed by atoms with E-state index in [4.69, 9.17) is 10.5 Å². The van der Waals surface area contributed by atoms with Crippen molar-refractivity contribution in [2.75, 3.05) is 24.3 Å². The van der Waals surface area contributed by atoms with Crippen molar-refractivity contribution in [3.8, 4) is 0 Å². The molecule has 0 spiro atoms. The molecule has 0 aliphatic carbocycles. The molecule has 0 aliphatic heterocycles. The van der Waals surface area contributed by atoms with Gasteiger partial charge in [-0.15, -0.1) is 0 Å². The first-order valence-electron chi connectivity index (χ1n) is 5.78. The van der Waals surface area contributed by atoms with Crippen LogP contribution in [0.15, 0.2) is 16.8 Å². The molecule has 0 saturated carbocycles. The Hall–Kier alpha value is -1.60. The minimum Gasteiger partial charge on any atom is -0.462 e. The Morgan fingerprint density at radius 2 is 2.37 bits per heavy atom. The number of hydrogen-bond acceptors (Lipinski definition) is 7. The Morgan fingerprint density at radius 1 is 1.58 bits per heavy atom. The first kappa shape index (κ1) is 13.8. The molecule has 0 aromatic carbocycles. The Bertz CT molecular complexity index is 551. The van der Waals surface area contributed by atoms with Crippen LogP contribution in [0, 0.1) is 0 Å². The van der Waals surface area contributed by atoms with Crippen LogP contribution >= 0.6 is 22.9 Å². The fourth-order valence-corrected chi connectivity index (χ4v) is 3.10. The normalized spacial score (nSPS) is 10.4. The van der Waals surface area contributed by atoms with Gasteiger partial charge in [-0.3, -0.25) is 0 Å². The Balaban J connectivity index is 2.22. The summed E-state index contributed by atoms with van der Waals surface area (Å²) in [5.74, 6) is -0.184. The first-order valence-corrected chi connectivity index (χ1v) is 7.49. The second kappa shape index (κ2) is 6.03. The van der Waals surface area contributed by atoms with E-state index < -0.39 is 5.97 Å². The van der Waals surface area contributed by atoms with Crippen molar-refractivity contribution >= 4 is 39.7 Å². The number of thiophene rings is 1. The van der Waals surface area contributed by atoms with Crippen LogP contribution in [0.3, 0.4) is 0 Å². The molecule has 0 aliphatic rings. The molecule has 19 heavy (non-hydrogen) atoms. The van der Waals surface area contributed by atoms with E-state index in [1.54, 1.807) is 18.3 Å². The van der Waals surface area contributed by atoms with Crippen molar-refractivity contribution in [2.24, 2.45) is 0 Å². The molecule has 102 valence electrons. The number of nitrogens with zero attached hydrogens (tertiary/aromatic N) is 2. The van der Waals surface area contributed by atoms with Gasteiger partial charge >= 0.3 is 5.97 Å². The smallest absolute Gasteiger partial charge is 0.345 e. The van der Waals surface area contributed by atoms with Crippen molar-refractivity contribution in [3.63, 3.8) is 0 Å². The van der Waals surface area contributed by atoms with Gasteiger partial charge in [-0.2, -0.15) is 15.7 Å². The number of nitrogens with two attached hydrogens (primary N) is 1. The number of hydrogen-bond donors (Lipinski definition) is 1. The SMILES string of the molecule is CCOC(=O)c1c(N)nsc1N(C)Cc1ccsc1. The van der Waals surface area contributed by atoms with Crippen LogP contribution in [0.4, 0.5) is 10.8 Å². The predicted molar refractivity (Wildman–Crippen MR) is 78.9 cm³/mol. The third-order valence-electron chi connectivity index (χ3n) is 2.53. The number of anilines is 2. The zero-order valence-electron chi connectivity index (χ0n) is 10.8. The highest BCUT2D eigenvalue weighted by Gasteiger charge is 2.23. The highest BCUT2D eigenvalue weighted by Crippen LogP contribution is 2.31. The predicted octanol–water partition coefficient (Wildman–Crippen LogP) is 2.60. The van der Waals surface area contributed by atoms with Crippen LogP contribution in [0.2, 0.25) is 0 Å². The summed E-state index contributed by atoms with van der Waals surface area (Å²) in [6, 6.07) is 2.05. The summed E-state index contributed by atoms with van der Waals surface area (Å²) in [5, 5.41) is 4.84. The maximum atomic E-state index is 11.9. The second-order valence-electron chi connectivity index (χ2n) is 3.96. The van der Waals surface area contributed by atoms with Crippen molar-refractivity contribution in [1.82, 2.24) is 4.37 Å². The topological polar surface area (TPSA) is 68.5 Å². The van der Waals surface area contributed by atoms with Gasteiger partial charge in [0, 0.05) is 13.6 Å². The summed E-state index contributed by atoms with van der Waals surface area (Å²) in [5.41, 5.74) is 7.31. The van der Waals surface area contributed by atoms with E-state index in [9.17, 15) is 4.79 Å². The highest BCUT2D eigenvalue weighted by atomic mass is 32.1. The van der Waals surface area contributed by atoms with E-state index in [-0.39, 0.29) is 5.82 Å². The van der Waals surface area contributed by atoms with Gasteiger partial charge in [-0.1, -0.05) is 0 Å². The largest absolute Gasteiger partial charge is 0.462 e. The van der Waals surface area contributed by atoms with Crippen molar-refractivity contribution in [3.05, 3.63) is 28.0 Å². The number of aromatic nitrogens is 1. The second-order valence-corrected chi connectivity index (χ2v) is 5.49. The van der Waals surface area contributed by atoms with Gasteiger partial charge in [0.15, 0.2) is 5.82 Å². The molecule has 0 fully saturated rings. The van der Waals surface area contributed by atoms with Crippen LogP contribution in [-0.2, 0) is 11.3 Å². The lowest BCUT2D eigenvalue weighted by Gasteiger charge is -2.17. The van der Waals surface area contributed by atoms with Crippen molar-refractivity contribution in [2.45, 2.75) is 13.5 Å². The average molecular weight is 297 g/mol. The molecule has 0 atom stereocenters. The summed E-state index contributed by atoms with van der Waals surface area (Å²) in [6.45, 7) is 2.79. The average Bonchev–Trinajstić information content (AvgIpc) is 2.98. The lowest BCUT2D eigenvalue weighted by Crippen LogP contribution is -2.18. The van der Waals surface area contributed by atoms with E-state index in [1.807, 2.05) is 17.3 Å². The molecule has 0 saturated heterocycles. The maximum absolute atomic E-state index is 11.9. The number of carbonyl (C=O) groups is 1. The third-order valence-corrected chi connectivity index (χ3v) is 4.24. The van der Waals surface area contributed by atoms with E-state index in [2.05, 4.69) is 15.8 Å². The lowest BCUT2D eigenvalue weighted by atomic mass is 10.2. The number of rotatable bonds is 5. The molecule has 0 radical (unpaired) electrons. The molecule has 2 heterocycles. The zero-order valence-corrected chi connectivity index (χ0v) is 12.4. The van der Waals surface area contributed by atoms with E-state index >= 15 is 0 Å². The summed E-state index contributed by atoms with van der Waals surface area (Å²) < 4.78 is 9.07. The van der Waals surface area contributed by atoms with Gasteiger partial charge in [-0.25, -0.2) is 4.79 Å². The molecule has 2 N–H and O–H groups in total. The van der Waals surface area contributed by atoms with Crippen molar-refractivity contribution < 1.29 is 9.53 Å².